The van der Waals surface area contributed by atoms with Gasteiger partial charge in [-0.15, -0.1) is 0 Å². The van der Waals surface area contributed by atoms with Crippen LogP contribution in [0.3, 0.4) is 0 Å². The highest BCUT2D eigenvalue weighted by atomic mass is 16.6. The molecule has 0 N–H and O–H groups in total. The van der Waals surface area contributed by atoms with Crippen LogP contribution in [0.2, 0.25) is 0 Å². The summed E-state index contributed by atoms with van der Waals surface area (Å²) in [6.07, 6.45) is 2.92. The van der Waals surface area contributed by atoms with Crippen molar-refractivity contribution in [3.63, 3.8) is 0 Å². The largest absolute Gasteiger partial charge is 0.487 e. The third kappa shape index (κ3) is 4.71. The van der Waals surface area contributed by atoms with Gasteiger partial charge < -0.3 is 9.47 Å². The molecule has 0 atom stereocenters. The van der Waals surface area contributed by atoms with Crippen LogP contribution in [0.15, 0.2) is 18.2 Å². The van der Waals surface area contributed by atoms with Gasteiger partial charge >= 0.3 is 11.6 Å². The first-order chi connectivity index (χ1) is 12.3. The number of nitrogens with zero attached hydrogens (tertiary/aromatic N) is 2. The summed E-state index contributed by atoms with van der Waals surface area (Å²) >= 11 is 0. The van der Waals surface area contributed by atoms with Crippen molar-refractivity contribution in [1.82, 2.24) is 4.98 Å². The van der Waals surface area contributed by atoms with Crippen molar-refractivity contribution < 1.29 is 14.4 Å². The van der Waals surface area contributed by atoms with Gasteiger partial charge in [-0.3, -0.25) is 10.1 Å². The lowest BCUT2D eigenvalue weighted by Crippen LogP contribution is -2.05. The molecule has 2 rings (SSSR count). The van der Waals surface area contributed by atoms with Crippen molar-refractivity contribution in [3.8, 4) is 17.4 Å². The Morgan fingerprint density at radius 1 is 1.08 bits per heavy atom. The molecule has 1 aromatic carbocycles. The van der Waals surface area contributed by atoms with E-state index in [1.165, 1.54) is 0 Å². The van der Waals surface area contributed by atoms with Gasteiger partial charge in [0.05, 0.1) is 11.5 Å². The van der Waals surface area contributed by atoms with E-state index in [0.29, 0.717) is 18.1 Å². The van der Waals surface area contributed by atoms with E-state index >= 15 is 0 Å². The van der Waals surface area contributed by atoms with Crippen LogP contribution in [0.5, 0.6) is 17.4 Å². The van der Waals surface area contributed by atoms with Crippen LogP contribution >= 0.6 is 0 Å². The molecule has 0 aliphatic carbocycles. The van der Waals surface area contributed by atoms with Crippen LogP contribution in [0.1, 0.15) is 48.6 Å². The quantitative estimate of drug-likeness (QED) is 0.349. The van der Waals surface area contributed by atoms with E-state index in [-0.39, 0.29) is 17.3 Å². The Morgan fingerprint density at radius 2 is 1.73 bits per heavy atom. The number of hydrogen-bond acceptors (Lipinski definition) is 5. The summed E-state index contributed by atoms with van der Waals surface area (Å²) in [5.41, 5.74) is 3.31. The van der Waals surface area contributed by atoms with Crippen LogP contribution < -0.4 is 9.47 Å². The summed E-state index contributed by atoms with van der Waals surface area (Å²) in [5.74, 6) is 0.764. The summed E-state index contributed by atoms with van der Waals surface area (Å²) < 4.78 is 11.6. The van der Waals surface area contributed by atoms with Gasteiger partial charge in [0, 0.05) is 11.8 Å². The second kappa shape index (κ2) is 8.65. The van der Waals surface area contributed by atoms with E-state index in [1.54, 1.807) is 13.0 Å². The van der Waals surface area contributed by atoms with Gasteiger partial charge in [-0.2, -0.15) is 0 Å². The normalized spacial score (nSPS) is 10.7. The van der Waals surface area contributed by atoms with Crippen molar-refractivity contribution in [3.05, 3.63) is 50.7 Å². The summed E-state index contributed by atoms with van der Waals surface area (Å²) in [5, 5.41) is 11.7. The van der Waals surface area contributed by atoms with Crippen LogP contribution in [0.4, 0.5) is 5.69 Å². The highest BCUT2D eigenvalue weighted by molar-refractivity contribution is 5.57. The zero-order valence-corrected chi connectivity index (χ0v) is 16.1. The Hall–Kier alpha value is -2.63. The van der Waals surface area contributed by atoms with Crippen molar-refractivity contribution in [1.29, 1.82) is 0 Å². The molecule has 0 bridgehead atoms. The number of aryl methyl sites for hydroxylation is 4. The molecule has 0 saturated heterocycles. The maximum Gasteiger partial charge on any atom is 0.372 e. The van der Waals surface area contributed by atoms with Gasteiger partial charge in [0.1, 0.15) is 5.75 Å². The van der Waals surface area contributed by atoms with Gasteiger partial charge in [0.2, 0.25) is 5.75 Å². The Morgan fingerprint density at radius 3 is 2.31 bits per heavy atom. The molecule has 0 spiro atoms. The summed E-state index contributed by atoms with van der Waals surface area (Å²) in [7, 11) is 0. The van der Waals surface area contributed by atoms with Crippen molar-refractivity contribution in [2.45, 2.75) is 53.9 Å². The molecule has 0 saturated carbocycles. The maximum absolute atomic E-state index is 11.7. The molecule has 0 fully saturated rings. The zero-order chi connectivity index (χ0) is 19.3. The smallest absolute Gasteiger partial charge is 0.372 e. The van der Waals surface area contributed by atoms with E-state index < -0.39 is 4.92 Å². The average molecular weight is 358 g/mol. The predicted molar refractivity (Wildman–Crippen MR) is 101 cm³/mol. The molecule has 140 valence electrons. The molecule has 0 aliphatic rings. The number of pyridine rings is 1. The highest BCUT2D eigenvalue weighted by Crippen LogP contribution is 2.40. The van der Waals surface area contributed by atoms with E-state index in [0.717, 1.165) is 36.0 Å². The molecule has 26 heavy (non-hydrogen) atoms. The van der Waals surface area contributed by atoms with Gasteiger partial charge in [-0.1, -0.05) is 37.5 Å². The van der Waals surface area contributed by atoms with Crippen LogP contribution in [-0.4, -0.2) is 16.5 Å². The van der Waals surface area contributed by atoms with Gasteiger partial charge in [0.25, 0.3) is 0 Å². The van der Waals surface area contributed by atoms with Crippen molar-refractivity contribution >= 4 is 5.69 Å². The first-order valence-corrected chi connectivity index (χ1v) is 8.88. The fourth-order valence-corrected chi connectivity index (χ4v) is 2.92. The van der Waals surface area contributed by atoms with E-state index in [9.17, 15) is 10.1 Å². The number of aromatic nitrogens is 1. The van der Waals surface area contributed by atoms with Crippen LogP contribution in [0.25, 0.3) is 0 Å². The standard InChI is InChI=1S/C20H26N2O4/c1-6-7-8-9-25-17-12-16(5)21-20(18(17)22(23)24)26-19-14(3)10-13(2)11-15(19)4/h10-12H,6-9H2,1-5H3. The Bertz CT molecular complexity index is 780. The number of unbranched alkanes of at least 4 members (excludes halogenated alkanes) is 2. The summed E-state index contributed by atoms with van der Waals surface area (Å²) in [6.45, 7) is 10.1. The number of benzene rings is 1. The number of ether oxygens (including phenoxy) is 2. The Labute approximate surface area is 154 Å². The van der Waals surface area contributed by atoms with E-state index in [1.807, 2.05) is 32.9 Å². The average Bonchev–Trinajstić information content (AvgIpc) is 2.54. The molecule has 2 aromatic rings. The summed E-state index contributed by atoms with van der Waals surface area (Å²) in [4.78, 5) is 15.4. The maximum atomic E-state index is 11.7. The second-order valence-corrected chi connectivity index (χ2v) is 6.56. The highest BCUT2D eigenvalue weighted by Gasteiger charge is 2.26. The molecule has 0 amide bonds. The molecule has 0 unspecified atom stereocenters. The topological polar surface area (TPSA) is 74.5 Å². The monoisotopic (exact) mass is 358 g/mol. The molecule has 0 radical (unpaired) electrons. The SMILES string of the molecule is CCCCCOc1cc(C)nc(Oc2c(C)cc(C)cc2C)c1[N+](=O)[O-]. The molecular weight excluding hydrogens is 332 g/mol. The lowest BCUT2D eigenvalue weighted by Gasteiger charge is -2.14. The number of nitro groups is 1. The molecule has 6 nitrogen and oxygen atoms in total. The second-order valence-electron chi connectivity index (χ2n) is 6.56. The zero-order valence-electron chi connectivity index (χ0n) is 16.1. The fraction of sp³-hybridized carbons (Fsp3) is 0.450. The third-order valence-corrected chi connectivity index (χ3v) is 4.05. The first-order valence-electron chi connectivity index (χ1n) is 8.88. The van der Waals surface area contributed by atoms with Crippen LogP contribution in [0, 0.1) is 37.8 Å². The molecule has 1 aromatic heterocycles. The molecule has 1 heterocycles. The molecule has 0 aliphatic heterocycles. The lowest BCUT2D eigenvalue weighted by molar-refractivity contribution is -0.387. The third-order valence-electron chi connectivity index (χ3n) is 4.05. The minimum atomic E-state index is -0.490. The van der Waals surface area contributed by atoms with Crippen molar-refractivity contribution in [2.75, 3.05) is 6.61 Å². The van der Waals surface area contributed by atoms with Crippen molar-refractivity contribution in [2.24, 2.45) is 0 Å². The Balaban J connectivity index is 2.41. The van der Waals surface area contributed by atoms with Crippen LogP contribution in [-0.2, 0) is 0 Å². The minimum Gasteiger partial charge on any atom is -0.487 e. The minimum absolute atomic E-state index is 0.0319. The molecular formula is C20H26N2O4. The van der Waals surface area contributed by atoms with E-state index in [4.69, 9.17) is 9.47 Å². The fourth-order valence-electron chi connectivity index (χ4n) is 2.92. The Kier molecular flexibility index (Phi) is 6.55. The van der Waals surface area contributed by atoms with Gasteiger partial charge in [-0.25, -0.2) is 4.98 Å². The van der Waals surface area contributed by atoms with Gasteiger partial charge in [0.15, 0.2) is 0 Å². The first kappa shape index (κ1) is 19.7. The number of rotatable bonds is 8. The lowest BCUT2D eigenvalue weighted by atomic mass is 10.1. The number of hydrogen-bond donors (Lipinski definition) is 0. The molecule has 6 heteroatoms. The summed E-state index contributed by atoms with van der Waals surface area (Å²) in [6, 6.07) is 5.55. The van der Waals surface area contributed by atoms with Gasteiger partial charge in [-0.05, 0) is 45.2 Å². The predicted octanol–water partition coefficient (Wildman–Crippen LogP) is 5.58. The van der Waals surface area contributed by atoms with E-state index in [2.05, 4.69) is 11.9 Å².